The zero-order valence-electron chi connectivity index (χ0n) is 21.9. The van der Waals surface area contributed by atoms with Gasteiger partial charge in [-0.3, -0.25) is 4.98 Å². The molecule has 0 amide bonds. The molecule has 1 saturated heterocycles. The predicted molar refractivity (Wildman–Crippen MR) is 140 cm³/mol. The second kappa shape index (κ2) is 8.84. The molecule has 0 unspecified atom stereocenters. The molecular weight excluding hydrogens is 526 g/mol. The van der Waals surface area contributed by atoms with Crippen molar-refractivity contribution in [3.63, 3.8) is 0 Å². The largest absolute Gasteiger partial charge is 0.416 e. The molecule has 10 heteroatoms. The number of halogens is 2. The maximum absolute atomic E-state index is 15.8. The molecule has 0 radical (unpaired) electrons. The van der Waals surface area contributed by atoms with Crippen LogP contribution in [0.15, 0.2) is 57.9 Å². The fourth-order valence-electron chi connectivity index (χ4n) is 6.64. The molecule has 2 aliphatic carbocycles. The number of aliphatic hydroxyl groups is 1. The van der Waals surface area contributed by atoms with Crippen LogP contribution in [0.3, 0.4) is 0 Å². The molecule has 2 aromatic carbocycles. The van der Waals surface area contributed by atoms with Crippen LogP contribution in [0.5, 0.6) is 0 Å². The van der Waals surface area contributed by atoms with Crippen molar-refractivity contribution in [3.8, 4) is 0 Å². The Kier molecular flexibility index (Phi) is 5.99. The van der Waals surface area contributed by atoms with E-state index in [2.05, 4.69) is 4.98 Å². The summed E-state index contributed by atoms with van der Waals surface area (Å²) in [6.07, 6.45) is 4.22. The number of hydrogen-bond donors (Lipinski definition) is 2. The normalized spacial score (nSPS) is 31.5. The van der Waals surface area contributed by atoms with E-state index in [4.69, 9.17) is 4.42 Å². The van der Waals surface area contributed by atoms with Crippen LogP contribution >= 0.6 is 0 Å². The number of H-pyrrole nitrogens is 1. The highest BCUT2D eigenvalue weighted by atomic mass is 32.2. The van der Waals surface area contributed by atoms with E-state index in [1.165, 1.54) is 10.5 Å². The summed E-state index contributed by atoms with van der Waals surface area (Å²) < 4.78 is 65.3. The van der Waals surface area contributed by atoms with Crippen LogP contribution in [0.25, 0.3) is 0 Å². The van der Waals surface area contributed by atoms with E-state index in [0.717, 1.165) is 25.0 Å². The Bertz CT molecular complexity index is 1570. The minimum atomic E-state index is -3.83. The molecule has 39 heavy (non-hydrogen) atoms. The van der Waals surface area contributed by atoms with Crippen molar-refractivity contribution in [1.82, 2.24) is 9.29 Å². The summed E-state index contributed by atoms with van der Waals surface area (Å²) >= 11 is 0. The monoisotopic (exact) mass is 558 g/mol. The molecule has 3 aromatic rings. The summed E-state index contributed by atoms with van der Waals surface area (Å²) in [5.41, 5.74) is -2.03. The molecule has 2 N–H and O–H groups in total. The minimum absolute atomic E-state index is 0.0165. The van der Waals surface area contributed by atoms with Gasteiger partial charge in [-0.1, -0.05) is 37.3 Å². The molecule has 2 atom stereocenters. The summed E-state index contributed by atoms with van der Waals surface area (Å²) in [4.78, 5) is 14.2. The minimum Gasteiger partial charge on any atom is -0.412 e. The number of oxazole rings is 1. The molecule has 2 saturated carbocycles. The van der Waals surface area contributed by atoms with Gasteiger partial charge < -0.3 is 9.52 Å². The number of sulfonamides is 1. The summed E-state index contributed by atoms with van der Waals surface area (Å²) in [5.74, 6) is -2.06. The summed E-state index contributed by atoms with van der Waals surface area (Å²) in [7, 11) is -3.83. The second-order valence-corrected chi connectivity index (χ2v) is 14.0. The maximum atomic E-state index is 15.8. The molecule has 208 valence electrons. The lowest BCUT2D eigenvalue weighted by atomic mass is 9.51. The lowest BCUT2D eigenvalue weighted by molar-refractivity contribution is -0.132. The highest BCUT2D eigenvalue weighted by molar-refractivity contribution is 7.89. The van der Waals surface area contributed by atoms with E-state index in [1.807, 2.05) is 13.0 Å². The number of rotatable bonds is 6. The summed E-state index contributed by atoms with van der Waals surface area (Å²) in [6, 6.07) is 10.7. The number of hydrogen-bond acceptors (Lipinski definition) is 5. The number of aromatic nitrogens is 1. The predicted octanol–water partition coefficient (Wildman–Crippen LogP) is 4.91. The number of aromatic amines is 1. The zero-order chi connectivity index (χ0) is 27.8. The summed E-state index contributed by atoms with van der Waals surface area (Å²) in [5, 5.41) is 10.5. The Morgan fingerprint density at radius 1 is 1.10 bits per heavy atom. The highest BCUT2D eigenvalue weighted by Gasteiger charge is 2.68. The van der Waals surface area contributed by atoms with Crippen LogP contribution in [0, 0.1) is 17.0 Å². The molecule has 6 rings (SSSR count). The van der Waals surface area contributed by atoms with Crippen LogP contribution in [-0.4, -0.2) is 34.5 Å². The van der Waals surface area contributed by atoms with Crippen LogP contribution in [0.4, 0.5) is 8.78 Å². The lowest BCUT2D eigenvalue weighted by Crippen LogP contribution is -2.59. The third kappa shape index (κ3) is 4.10. The first-order valence-electron chi connectivity index (χ1n) is 13.3. The fraction of sp³-hybridized carbons (Fsp3) is 0.483. The molecule has 3 aliphatic rings. The Morgan fingerprint density at radius 3 is 2.41 bits per heavy atom. The second-order valence-electron chi connectivity index (χ2n) is 11.9. The Labute approximate surface area is 225 Å². The van der Waals surface area contributed by atoms with Gasteiger partial charge in [0.1, 0.15) is 22.6 Å². The molecule has 1 aromatic heterocycles. The first-order chi connectivity index (χ1) is 18.4. The van der Waals surface area contributed by atoms with Crippen molar-refractivity contribution >= 4 is 10.0 Å². The van der Waals surface area contributed by atoms with Gasteiger partial charge in [-0.15, -0.1) is 0 Å². The quantitative estimate of drug-likeness (QED) is 0.447. The van der Waals surface area contributed by atoms with Gasteiger partial charge in [0, 0.05) is 29.9 Å². The van der Waals surface area contributed by atoms with Crippen molar-refractivity contribution in [3.05, 3.63) is 93.3 Å². The molecule has 1 aliphatic heterocycles. The Balaban J connectivity index is 1.34. The number of nitrogens with zero attached hydrogens (tertiary/aromatic N) is 1. The maximum Gasteiger partial charge on any atom is 0.416 e. The topological polar surface area (TPSA) is 104 Å². The van der Waals surface area contributed by atoms with Gasteiger partial charge in [0.05, 0.1) is 11.0 Å². The molecule has 2 heterocycles. The van der Waals surface area contributed by atoms with Crippen LogP contribution in [0.1, 0.15) is 80.1 Å². The van der Waals surface area contributed by atoms with Crippen LogP contribution in [0.2, 0.25) is 0 Å². The van der Waals surface area contributed by atoms with Crippen molar-refractivity contribution in [2.75, 3.05) is 0 Å². The smallest absolute Gasteiger partial charge is 0.412 e. The zero-order valence-corrected chi connectivity index (χ0v) is 22.7. The SMILES string of the molecule is C[C@H]1CC[C@@H](c2ccccc2)S(=O)(=O)N1Cc1cc(F)c([C@]2(c3c[nH]c(=O)o3)C[C@@](O)(C3(C)CC3)C2)cc1F. The van der Waals surface area contributed by atoms with E-state index in [0.29, 0.717) is 18.4 Å². The molecule has 0 spiro atoms. The number of nitrogens with one attached hydrogen (secondary N) is 1. The van der Waals surface area contributed by atoms with Gasteiger partial charge in [-0.05, 0) is 68.6 Å². The van der Waals surface area contributed by atoms with Crippen molar-refractivity contribution < 1.29 is 26.7 Å². The van der Waals surface area contributed by atoms with Crippen molar-refractivity contribution in [2.45, 2.75) is 81.2 Å². The standard InChI is InChI=1S/C29H32F2N2O5S/c1-18-8-9-24(19-6-4-3-5-7-19)39(36,37)33(18)15-20-12-23(31)21(13-22(20)30)28(25-14-32-26(34)38-25)16-29(35,17-28)27(2)10-11-27/h3-7,12-14,18,24,35H,8-11,15-17H2,1-2H3,(H,32,34)/t18-,24-,28-,29-/m0/s1. The average molecular weight is 559 g/mol. The highest BCUT2D eigenvalue weighted by Crippen LogP contribution is 2.68. The van der Waals surface area contributed by atoms with Gasteiger partial charge in [-0.2, -0.15) is 4.31 Å². The number of benzene rings is 2. The molecule has 0 bridgehead atoms. The van der Waals surface area contributed by atoms with Crippen molar-refractivity contribution in [1.29, 1.82) is 0 Å². The first kappa shape index (κ1) is 26.4. The first-order valence-corrected chi connectivity index (χ1v) is 14.8. The van der Waals surface area contributed by atoms with Gasteiger partial charge in [0.25, 0.3) is 0 Å². The van der Waals surface area contributed by atoms with E-state index in [-0.39, 0.29) is 47.7 Å². The van der Waals surface area contributed by atoms with E-state index in [1.54, 1.807) is 31.2 Å². The van der Waals surface area contributed by atoms with Gasteiger partial charge in [0.15, 0.2) is 0 Å². The van der Waals surface area contributed by atoms with Crippen molar-refractivity contribution in [2.24, 2.45) is 5.41 Å². The third-order valence-corrected chi connectivity index (χ3v) is 11.9. The Morgan fingerprint density at radius 2 is 1.79 bits per heavy atom. The van der Waals surface area contributed by atoms with E-state index >= 15 is 8.78 Å². The van der Waals surface area contributed by atoms with Gasteiger partial charge in [0.2, 0.25) is 10.0 Å². The summed E-state index contributed by atoms with van der Waals surface area (Å²) in [6.45, 7) is 3.44. The molecule has 7 nitrogen and oxygen atoms in total. The fourth-order valence-corrected chi connectivity index (χ4v) is 8.83. The van der Waals surface area contributed by atoms with Crippen LogP contribution < -0.4 is 5.76 Å². The third-order valence-electron chi connectivity index (χ3n) is 9.48. The Hall–Kier alpha value is -2.82. The average Bonchev–Trinajstić information content (AvgIpc) is 3.48. The molecular formula is C29H32F2N2O5S. The lowest BCUT2D eigenvalue weighted by Gasteiger charge is -2.55. The van der Waals surface area contributed by atoms with Crippen LogP contribution in [-0.2, 0) is 22.0 Å². The van der Waals surface area contributed by atoms with Gasteiger partial charge >= 0.3 is 5.76 Å². The van der Waals surface area contributed by atoms with E-state index in [9.17, 15) is 18.3 Å². The van der Waals surface area contributed by atoms with E-state index < -0.39 is 43.7 Å². The molecule has 3 fully saturated rings. The van der Waals surface area contributed by atoms with Gasteiger partial charge in [-0.25, -0.2) is 22.0 Å².